The molecule has 11 nitrogen and oxygen atoms in total. The summed E-state index contributed by atoms with van der Waals surface area (Å²) in [4.78, 5) is 38.3. The highest BCUT2D eigenvalue weighted by Gasteiger charge is 2.15. The molecule has 0 radical (unpaired) electrons. The fourth-order valence-electron chi connectivity index (χ4n) is 5.87. The molecule has 13 heteroatoms. The smallest absolute Gasteiger partial charge is 0.419 e. The van der Waals surface area contributed by atoms with Crippen LogP contribution in [0.2, 0.25) is 0 Å². The van der Waals surface area contributed by atoms with Gasteiger partial charge in [0.15, 0.2) is 5.58 Å². The maximum Gasteiger partial charge on any atom is 0.419 e. The van der Waals surface area contributed by atoms with E-state index in [4.69, 9.17) is 4.42 Å². The van der Waals surface area contributed by atoms with E-state index in [0.717, 1.165) is 41.5 Å². The second-order valence-corrected chi connectivity index (χ2v) is 11.4. The van der Waals surface area contributed by atoms with Crippen molar-refractivity contribution in [2.45, 2.75) is 38.5 Å². The van der Waals surface area contributed by atoms with E-state index in [1.54, 1.807) is 22.8 Å². The molecule has 6 aromatic rings. The first-order chi connectivity index (χ1) is 22.8. The number of aromatic hydroxyl groups is 1. The first kappa shape index (κ1) is 36.8. The minimum absolute atomic E-state index is 0. The number of hydrogen-bond acceptors (Lipinski definition) is 7. The summed E-state index contributed by atoms with van der Waals surface area (Å²) in [5, 5.41) is 36.4. The van der Waals surface area contributed by atoms with Gasteiger partial charge in [0.1, 0.15) is 5.75 Å². The average Bonchev–Trinajstić information content (AvgIpc) is 3.37. The summed E-state index contributed by atoms with van der Waals surface area (Å²) < 4.78 is 7.18. The van der Waals surface area contributed by atoms with E-state index in [1.165, 1.54) is 12.1 Å². The molecule has 256 valence electrons. The van der Waals surface area contributed by atoms with Crippen LogP contribution in [0.5, 0.6) is 5.75 Å². The lowest BCUT2D eigenvalue weighted by Crippen LogP contribution is -2.21. The van der Waals surface area contributed by atoms with Crippen molar-refractivity contribution in [2.24, 2.45) is 0 Å². The highest BCUT2D eigenvalue weighted by Crippen LogP contribution is 2.30. The van der Waals surface area contributed by atoms with Crippen molar-refractivity contribution < 1.29 is 24.5 Å². The van der Waals surface area contributed by atoms with Gasteiger partial charge in [-0.05, 0) is 77.9 Å². The quantitative estimate of drug-likeness (QED) is 0.0775. The van der Waals surface area contributed by atoms with Gasteiger partial charge in [0.25, 0.3) is 0 Å². The molecule has 0 saturated carbocycles. The highest BCUT2D eigenvalue weighted by molar-refractivity contribution is 5.91. The zero-order valence-electron chi connectivity index (χ0n) is 26.2. The van der Waals surface area contributed by atoms with Gasteiger partial charge in [-0.25, -0.2) is 9.59 Å². The fraction of sp³-hybridized carbons (Fsp3) is 0.194. The number of rotatable bonds is 12. The van der Waals surface area contributed by atoms with Crippen molar-refractivity contribution in [3.63, 3.8) is 0 Å². The van der Waals surface area contributed by atoms with E-state index >= 15 is 0 Å². The minimum atomic E-state index is -1.12. The zero-order valence-corrected chi connectivity index (χ0v) is 27.9. The molecular formula is C36H36Cl2N4O7. The Hall–Kier alpha value is -5.07. The molecule has 0 aliphatic carbocycles. The predicted octanol–water partition coefficient (Wildman–Crippen LogP) is 6.59. The number of aliphatic hydroxyl groups excluding tert-OH is 1. The van der Waals surface area contributed by atoms with Gasteiger partial charge in [-0.2, -0.15) is 0 Å². The highest BCUT2D eigenvalue weighted by atomic mass is 35.5. The van der Waals surface area contributed by atoms with Crippen molar-refractivity contribution in [2.75, 3.05) is 11.9 Å². The lowest BCUT2D eigenvalue weighted by atomic mass is 9.98. The monoisotopic (exact) mass is 706 g/mol. The van der Waals surface area contributed by atoms with Crippen molar-refractivity contribution in [1.29, 1.82) is 0 Å². The number of anilines is 1. The molecule has 0 saturated heterocycles. The molecule has 6 N–H and O–H groups in total. The van der Waals surface area contributed by atoms with Gasteiger partial charge >= 0.3 is 11.8 Å². The van der Waals surface area contributed by atoms with Crippen LogP contribution < -0.4 is 21.9 Å². The summed E-state index contributed by atoms with van der Waals surface area (Å²) in [7, 11) is 0. The Labute approximate surface area is 293 Å². The number of pyridine rings is 1. The van der Waals surface area contributed by atoms with E-state index in [-0.39, 0.29) is 48.2 Å². The molecule has 0 spiro atoms. The Bertz CT molecular complexity index is 2180. The second-order valence-electron chi connectivity index (χ2n) is 11.4. The van der Waals surface area contributed by atoms with Gasteiger partial charge in [0.05, 0.1) is 22.8 Å². The molecule has 49 heavy (non-hydrogen) atoms. The van der Waals surface area contributed by atoms with Gasteiger partial charge in [-0.1, -0.05) is 48.5 Å². The zero-order chi connectivity index (χ0) is 32.9. The van der Waals surface area contributed by atoms with Crippen LogP contribution in [0.15, 0.2) is 105 Å². The maximum atomic E-state index is 12.7. The molecule has 1 atom stereocenters. The third kappa shape index (κ3) is 8.51. The summed E-state index contributed by atoms with van der Waals surface area (Å²) in [6, 6.07) is 26.9. The van der Waals surface area contributed by atoms with Gasteiger partial charge in [0, 0.05) is 36.7 Å². The number of halogens is 2. The van der Waals surface area contributed by atoms with Crippen LogP contribution in [-0.4, -0.2) is 37.5 Å². The Morgan fingerprint density at radius 3 is 2.45 bits per heavy atom. The van der Waals surface area contributed by atoms with Crippen molar-refractivity contribution >= 4 is 58.6 Å². The lowest BCUT2D eigenvalue weighted by Gasteiger charge is -2.15. The molecule has 1 amide bonds. The Balaban J connectivity index is 0.00000270. The third-order valence-corrected chi connectivity index (χ3v) is 8.17. The van der Waals surface area contributed by atoms with Crippen molar-refractivity contribution in [3.8, 4) is 16.9 Å². The SMILES string of the molecule is Cl.Cl.O=C(O)Nc1ccc(CCCCn2c(=O)oc3cc(CNC[C@@H](O)c4ccc(O)c5[nH]c(=O)ccc45)ccc32)cc1-c1ccccc1. The standard InChI is InChI=1S/C36H34N4O7.2ClH/c41-30-15-11-25(26-12-16-33(43)39-34(26)30)31(42)21-37-20-23-10-14-29-32(19-23)47-36(46)40(29)17-5-4-6-22-9-13-28(38-35(44)45)27(18-22)24-7-2-1-3-8-24;;/h1-3,7-16,18-19,31,37-38,41-42H,4-6,17,20-21H2,(H,39,43)(H,44,45);2*1H/t31-;;/m1../s1. The number of hydrogen-bond donors (Lipinski definition) is 6. The number of phenolic OH excluding ortho intramolecular Hbond substituents is 1. The van der Waals surface area contributed by atoms with E-state index in [1.807, 2.05) is 60.7 Å². The van der Waals surface area contributed by atoms with Crippen LogP contribution in [0.3, 0.4) is 0 Å². The number of nitrogens with one attached hydrogen (secondary N) is 3. The predicted molar refractivity (Wildman–Crippen MR) is 194 cm³/mol. The van der Waals surface area contributed by atoms with Crippen molar-refractivity contribution in [3.05, 3.63) is 129 Å². The van der Waals surface area contributed by atoms with E-state index in [9.17, 15) is 29.7 Å². The number of fused-ring (bicyclic) bond motifs is 2. The summed E-state index contributed by atoms with van der Waals surface area (Å²) in [6.45, 7) is 1.12. The molecule has 0 fully saturated rings. The Kier molecular flexibility index (Phi) is 12.3. The molecule has 2 heterocycles. The number of aromatic amines is 1. The van der Waals surface area contributed by atoms with E-state index in [0.29, 0.717) is 40.8 Å². The number of benzene rings is 4. The molecule has 6 rings (SSSR count). The second kappa shape index (κ2) is 16.4. The first-order valence-corrected chi connectivity index (χ1v) is 15.3. The number of amides is 1. The van der Waals surface area contributed by atoms with Gasteiger partial charge < -0.3 is 30.0 Å². The molecule has 2 aromatic heterocycles. The van der Waals surface area contributed by atoms with Crippen LogP contribution in [-0.2, 0) is 19.5 Å². The van der Waals surface area contributed by atoms with Gasteiger partial charge in [-0.3, -0.25) is 14.7 Å². The summed E-state index contributed by atoms with van der Waals surface area (Å²) in [6.07, 6.45) is 0.309. The van der Waals surface area contributed by atoms with Crippen molar-refractivity contribution in [1.82, 2.24) is 14.9 Å². The molecule has 0 aliphatic heterocycles. The number of phenols is 1. The van der Waals surface area contributed by atoms with Crippen LogP contribution in [0.1, 0.15) is 35.6 Å². The van der Waals surface area contributed by atoms with E-state index in [2.05, 4.69) is 15.6 Å². The summed E-state index contributed by atoms with van der Waals surface area (Å²) in [5.74, 6) is -0.490. The lowest BCUT2D eigenvalue weighted by molar-refractivity contribution is 0.176. The first-order valence-electron chi connectivity index (χ1n) is 15.3. The number of aromatic nitrogens is 2. The summed E-state index contributed by atoms with van der Waals surface area (Å²) >= 11 is 0. The normalized spacial score (nSPS) is 11.5. The topological polar surface area (TPSA) is 170 Å². The number of carbonyl (C=O) groups is 1. The van der Waals surface area contributed by atoms with Gasteiger partial charge in [-0.15, -0.1) is 24.8 Å². The average molecular weight is 708 g/mol. The molecular weight excluding hydrogens is 671 g/mol. The van der Waals surface area contributed by atoms with Gasteiger partial charge in [0.2, 0.25) is 5.56 Å². The molecule has 0 unspecified atom stereocenters. The maximum absolute atomic E-state index is 12.7. The number of unbranched alkanes of at least 4 members (excludes halogenated alkanes) is 1. The number of nitrogens with zero attached hydrogens (tertiary/aromatic N) is 1. The minimum Gasteiger partial charge on any atom is -0.506 e. The number of oxazole rings is 1. The Morgan fingerprint density at radius 2 is 1.67 bits per heavy atom. The molecule has 0 aliphatic rings. The van der Waals surface area contributed by atoms with Crippen LogP contribution in [0.25, 0.3) is 33.1 Å². The number of H-pyrrole nitrogens is 1. The summed E-state index contributed by atoms with van der Waals surface area (Å²) in [5.41, 5.74) is 5.91. The number of aliphatic hydroxyl groups is 1. The molecule has 0 bridgehead atoms. The Morgan fingerprint density at radius 1 is 0.898 bits per heavy atom. The fourth-order valence-corrected chi connectivity index (χ4v) is 5.87. The van der Waals surface area contributed by atoms with Crippen LogP contribution in [0.4, 0.5) is 10.5 Å². The van der Waals surface area contributed by atoms with Crippen LogP contribution >= 0.6 is 24.8 Å². The van der Waals surface area contributed by atoms with E-state index < -0.39 is 18.0 Å². The number of aryl methyl sites for hydroxylation is 2. The number of carboxylic acid groups (broad SMARTS) is 1. The third-order valence-electron chi connectivity index (χ3n) is 8.17. The van der Waals surface area contributed by atoms with Crippen LogP contribution in [0, 0.1) is 0 Å². The largest absolute Gasteiger partial charge is 0.506 e. The molecule has 4 aromatic carbocycles.